The van der Waals surface area contributed by atoms with Crippen molar-refractivity contribution in [3.63, 3.8) is 0 Å². The van der Waals surface area contributed by atoms with Gasteiger partial charge in [0.05, 0.1) is 13.0 Å². The number of carbonyl (C=O) groups is 1. The predicted octanol–water partition coefficient (Wildman–Crippen LogP) is 2.32. The number of benzene rings is 1. The molecule has 3 heteroatoms. The third-order valence-corrected chi connectivity index (χ3v) is 2.44. The summed E-state index contributed by atoms with van der Waals surface area (Å²) in [5.41, 5.74) is 0. The fourth-order valence-corrected chi connectivity index (χ4v) is 1.51. The molecule has 0 saturated carbocycles. The molecule has 0 N–H and O–H groups in total. The minimum atomic E-state index is 0.154. The van der Waals surface area contributed by atoms with Gasteiger partial charge >= 0.3 is 0 Å². The Morgan fingerprint density at radius 1 is 1.19 bits per heavy atom. The Morgan fingerprint density at radius 3 is 2.38 bits per heavy atom. The maximum Gasteiger partial charge on any atom is 0.225 e. The Balaban J connectivity index is 2.28. The van der Waals surface area contributed by atoms with Crippen LogP contribution in [-0.2, 0) is 4.79 Å². The van der Waals surface area contributed by atoms with Crippen LogP contribution in [0.5, 0.6) is 5.75 Å². The molecule has 88 valence electrons. The van der Waals surface area contributed by atoms with Crippen molar-refractivity contribution in [3.8, 4) is 5.75 Å². The van der Waals surface area contributed by atoms with Gasteiger partial charge in [-0.15, -0.1) is 0 Å². The lowest BCUT2D eigenvalue weighted by Gasteiger charge is -2.18. The van der Waals surface area contributed by atoms with Crippen LogP contribution in [0.1, 0.15) is 20.3 Å². The predicted molar refractivity (Wildman–Crippen MR) is 64.5 cm³/mol. The third kappa shape index (κ3) is 3.93. The van der Waals surface area contributed by atoms with Crippen LogP contribution in [0.3, 0.4) is 0 Å². The fourth-order valence-electron chi connectivity index (χ4n) is 1.51. The van der Waals surface area contributed by atoms with Crippen molar-refractivity contribution in [1.82, 2.24) is 4.90 Å². The second-order valence-electron chi connectivity index (χ2n) is 3.48. The standard InChI is InChI=1S/C13H19NO2/c1-3-14(4-2)13(15)10-11-16-12-8-6-5-7-9-12/h5-9H,3-4,10-11H2,1-2H3. The molecule has 0 heterocycles. The molecule has 0 bridgehead atoms. The van der Waals surface area contributed by atoms with Crippen LogP contribution in [0.4, 0.5) is 0 Å². The van der Waals surface area contributed by atoms with E-state index < -0.39 is 0 Å². The van der Waals surface area contributed by atoms with Crippen LogP contribution >= 0.6 is 0 Å². The quantitative estimate of drug-likeness (QED) is 0.737. The normalized spacial score (nSPS) is 9.88. The maximum atomic E-state index is 11.6. The molecule has 1 aromatic carbocycles. The number of hydrogen-bond acceptors (Lipinski definition) is 2. The molecule has 1 aromatic rings. The molecular formula is C13H19NO2. The molecule has 0 radical (unpaired) electrons. The Kier molecular flexibility index (Phi) is 5.40. The number of hydrogen-bond donors (Lipinski definition) is 0. The zero-order chi connectivity index (χ0) is 11.8. The SMILES string of the molecule is CCN(CC)C(=O)CCOc1ccccc1. The van der Waals surface area contributed by atoms with Gasteiger partial charge in [-0.2, -0.15) is 0 Å². The average Bonchev–Trinajstić information content (AvgIpc) is 2.32. The molecule has 0 unspecified atom stereocenters. The minimum Gasteiger partial charge on any atom is -0.493 e. The van der Waals surface area contributed by atoms with Crippen molar-refractivity contribution >= 4 is 5.91 Å². The van der Waals surface area contributed by atoms with Gasteiger partial charge in [-0.05, 0) is 26.0 Å². The molecule has 3 nitrogen and oxygen atoms in total. The van der Waals surface area contributed by atoms with Crippen LogP contribution < -0.4 is 4.74 Å². The average molecular weight is 221 g/mol. The highest BCUT2D eigenvalue weighted by molar-refractivity contribution is 5.76. The summed E-state index contributed by atoms with van der Waals surface area (Å²) in [5.74, 6) is 0.968. The van der Waals surface area contributed by atoms with E-state index in [0.717, 1.165) is 18.8 Å². The number of nitrogens with zero attached hydrogens (tertiary/aromatic N) is 1. The third-order valence-electron chi connectivity index (χ3n) is 2.44. The van der Waals surface area contributed by atoms with Gasteiger partial charge in [-0.3, -0.25) is 4.79 Å². The van der Waals surface area contributed by atoms with E-state index >= 15 is 0 Å². The largest absolute Gasteiger partial charge is 0.493 e. The van der Waals surface area contributed by atoms with E-state index in [2.05, 4.69) is 0 Å². The zero-order valence-electron chi connectivity index (χ0n) is 9.98. The first-order valence-electron chi connectivity index (χ1n) is 5.73. The molecule has 16 heavy (non-hydrogen) atoms. The molecule has 0 saturated heterocycles. The summed E-state index contributed by atoms with van der Waals surface area (Å²) in [6.07, 6.45) is 0.441. The van der Waals surface area contributed by atoms with Crippen molar-refractivity contribution in [2.24, 2.45) is 0 Å². The van der Waals surface area contributed by atoms with Crippen LogP contribution in [0.25, 0.3) is 0 Å². The van der Waals surface area contributed by atoms with Gasteiger partial charge in [0, 0.05) is 13.1 Å². The van der Waals surface area contributed by atoms with Gasteiger partial charge < -0.3 is 9.64 Å². The Morgan fingerprint density at radius 2 is 1.81 bits per heavy atom. The fraction of sp³-hybridized carbons (Fsp3) is 0.462. The summed E-state index contributed by atoms with van der Waals surface area (Å²) < 4.78 is 5.47. The van der Waals surface area contributed by atoms with E-state index in [1.54, 1.807) is 0 Å². The molecule has 0 aromatic heterocycles. The number of para-hydroxylation sites is 1. The molecule has 0 fully saturated rings. The van der Waals surface area contributed by atoms with Gasteiger partial charge in [0.2, 0.25) is 5.91 Å². The van der Waals surface area contributed by atoms with Crippen molar-refractivity contribution in [1.29, 1.82) is 0 Å². The number of carbonyl (C=O) groups excluding carboxylic acids is 1. The molecule has 1 amide bonds. The summed E-state index contributed by atoms with van der Waals surface area (Å²) in [4.78, 5) is 13.5. The second-order valence-corrected chi connectivity index (χ2v) is 3.48. The molecule has 0 atom stereocenters. The second kappa shape index (κ2) is 6.88. The maximum absolute atomic E-state index is 11.6. The van der Waals surface area contributed by atoms with Crippen molar-refractivity contribution in [2.75, 3.05) is 19.7 Å². The summed E-state index contributed by atoms with van der Waals surface area (Å²) in [7, 11) is 0. The molecule has 0 aliphatic heterocycles. The van der Waals surface area contributed by atoms with E-state index in [4.69, 9.17) is 4.74 Å². The monoisotopic (exact) mass is 221 g/mol. The van der Waals surface area contributed by atoms with E-state index in [-0.39, 0.29) is 5.91 Å². The van der Waals surface area contributed by atoms with Crippen molar-refractivity contribution < 1.29 is 9.53 Å². The topological polar surface area (TPSA) is 29.5 Å². The number of rotatable bonds is 6. The van der Waals surface area contributed by atoms with Crippen LogP contribution in [0.15, 0.2) is 30.3 Å². The number of amides is 1. The molecule has 0 aliphatic rings. The molecule has 1 rings (SSSR count). The highest BCUT2D eigenvalue weighted by atomic mass is 16.5. The molecule has 0 spiro atoms. The lowest BCUT2D eigenvalue weighted by Crippen LogP contribution is -2.31. The van der Waals surface area contributed by atoms with E-state index in [9.17, 15) is 4.79 Å². The lowest BCUT2D eigenvalue weighted by molar-refractivity contribution is -0.131. The van der Waals surface area contributed by atoms with E-state index in [1.807, 2.05) is 49.1 Å². The minimum absolute atomic E-state index is 0.154. The van der Waals surface area contributed by atoms with Gasteiger partial charge in [0.15, 0.2) is 0 Å². The van der Waals surface area contributed by atoms with E-state index in [0.29, 0.717) is 13.0 Å². The van der Waals surface area contributed by atoms with Gasteiger partial charge in [0.1, 0.15) is 5.75 Å². The van der Waals surface area contributed by atoms with Gasteiger partial charge in [-0.1, -0.05) is 18.2 Å². The first-order valence-corrected chi connectivity index (χ1v) is 5.73. The highest BCUT2D eigenvalue weighted by Crippen LogP contribution is 2.08. The summed E-state index contributed by atoms with van der Waals surface area (Å²) in [5, 5.41) is 0. The first kappa shape index (κ1) is 12.6. The molecular weight excluding hydrogens is 202 g/mol. The van der Waals surface area contributed by atoms with Crippen LogP contribution in [-0.4, -0.2) is 30.5 Å². The smallest absolute Gasteiger partial charge is 0.225 e. The van der Waals surface area contributed by atoms with Crippen LogP contribution in [0.2, 0.25) is 0 Å². The Bertz CT molecular complexity index is 307. The zero-order valence-corrected chi connectivity index (χ0v) is 9.98. The van der Waals surface area contributed by atoms with Crippen molar-refractivity contribution in [2.45, 2.75) is 20.3 Å². The summed E-state index contributed by atoms with van der Waals surface area (Å²) in [6.45, 7) is 5.94. The number of ether oxygens (including phenoxy) is 1. The lowest BCUT2D eigenvalue weighted by atomic mass is 10.3. The Labute approximate surface area is 97.0 Å². The molecule has 0 aliphatic carbocycles. The Hall–Kier alpha value is -1.51. The summed E-state index contributed by atoms with van der Waals surface area (Å²) >= 11 is 0. The first-order chi connectivity index (χ1) is 7.77. The van der Waals surface area contributed by atoms with Crippen molar-refractivity contribution in [3.05, 3.63) is 30.3 Å². The van der Waals surface area contributed by atoms with Gasteiger partial charge in [0.25, 0.3) is 0 Å². The summed E-state index contributed by atoms with van der Waals surface area (Å²) in [6, 6.07) is 9.56. The highest BCUT2D eigenvalue weighted by Gasteiger charge is 2.08. The van der Waals surface area contributed by atoms with Gasteiger partial charge in [-0.25, -0.2) is 0 Å². The van der Waals surface area contributed by atoms with E-state index in [1.165, 1.54) is 0 Å². The van der Waals surface area contributed by atoms with Crippen LogP contribution in [0, 0.1) is 0 Å².